The minimum absolute atomic E-state index is 0.242. The zero-order chi connectivity index (χ0) is 10.7. The van der Waals surface area contributed by atoms with Gasteiger partial charge in [0, 0.05) is 7.11 Å². The number of carbonyl (C=O) groups is 1. The van der Waals surface area contributed by atoms with E-state index in [1.165, 1.54) is 0 Å². The minimum Gasteiger partial charge on any atom is -0.430 e. The summed E-state index contributed by atoms with van der Waals surface area (Å²) in [6, 6.07) is 9.62. The van der Waals surface area contributed by atoms with E-state index in [2.05, 4.69) is 0 Å². The Morgan fingerprint density at radius 1 is 1.40 bits per heavy atom. The van der Waals surface area contributed by atoms with Crippen LogP contribution < -0.4 is 0 Å². The number of ether oxygens (including phenoxy) is 3. The number of rotatable bonds is 3. The fraction of sp³-hybridized carbons (Fsp3) is 0.364. The van der Waals surface area contributed by atoms with Crippen molar-refractivity contribution in [2.45, 2.75) is 12.2 Å². The molecule has 80 valence electrons. The second kappa shape index (κ2) is 4.31. The van der Waals surface area contributed by atoms with Gasteiger partial charge in [0.2, 0.25) is 0 Å². The van der Waals surface area contributed by atoms with Crippen molar-refractivity contribution in [3.63, 3.8) is 0 Å². The lowest BCUT2D eigenvalue weighted by Gasteiger charge is -2.19. The highest BCUT2D eigenvalue weighted by atomic mass is 16.8. The predicted octanol–water partition coefficient (Wildman–Crippen LogP) is 1.91. The third-order valence-electron chi connectivity index (χ3n) is 2.33. The molecule has 1 fully saturated rings. The van der Waals surface area contributed by atoms with Crippen molar-refractivity contribution in [3.8, 4) is 0 Å². The summed E-state index contributed by atoms with van der Waals surface area (Å²) in [4.78, 5) is 10.8. The molecule has 1 aliphatic heterocycles. The lowest BCUT2D eigenvalue weighted by molar-refractivity contribution is -0.000145. The largest absolute Gasteiger partial charge is 0.508 e. The molecule has 1 aliphatic rings. The van der Waals surface area contributed by atoms with Crippen molar-refractivity contribution >= 4 is 6.16 Å². The van der Waals surface area contributed by atoms with Crippen LogP contribution in [0.15, 0.2) is 30.3 Å². The van der Waals surface area contributed by atoms with Crippen molar-refractivity contribution in [2.75, 3.05) is 13.7 Å². The standard InChI is InChI=1S/C11H12O4/c1-13-10(8-5-3-2-4-6-8)9-7-14-11(12)15-9/h2-6,9-10H,7H2,1H3/t9-,10?/m1/s1. The maximum Gasteiger partial charge on any atom is 0.508 e. The molecule has 1 unspecified atom stereocenters. The molecule has 4 heteroatoms. The number of carbonyl (C=O) groups excluding carboxylic acids is 1. The molecule has 1 heterocycles. The Morgan fingerprint density at radius 3 is 2.67 bits per heavy atom. The van der Waals surface area contributed by atoms with E-state index in [-0.39, 0.29) is 18.8 Å². The van der Waals surface area contributed by atoms with E-state index < -0.39 is 6.16 Å². The van der Waals surface area contributed by atoms with Crippen molar-refractivity contribution in [3.05, 3.63) is 35.9 Å². The zero-order valence-corrected chi connectivity index (χ0v) is 8.38. The molecule has 0 bridgehead atoms. The van der Waals surface area contributed by atoms with Crippen LogP contribution in [0.2, 0.25) is 0 Å². The van der Waals surface area contributed by atoms with E-state index in [1.807, 2.05) is 30.3 Å². The highest BCUT2D eigenvalue weighted by Gasteiger charge is 2.33. The van der Waals surface area contributed by atoms with Gasteiger partial charge in [0.05, 0.1) is 0 Å². The molecule has 0 radical (unpaired) electrons. The average Bonchev–Trinajstić information content (AvgIpc) is 2.68. The Labute approximate surface area is 87.8 Å². The molecule has 2 atom stereocenters. The average molecular weight is 208 g/mol. The maximum absolute atomic E-state index is 10.8. The summed E-state index contributed by atoms with van der Waals surface area (Å²) >= 11 is 0. The lowest BCUT2D eigenvalue weighted by Crippen LogP contribution is -2.22. The smallest absolute Gasteiger partial charge is 0.430 e. The zero-order valence-electron chi connectivity index (χ0n) is 8.38. The van der Waals surface area contributed by atoms with Crippen molar-refractivity contribution in [1.82, 2.24) is 0 Å². The van der Waals surface area contributed by atoms with Crippen LogP contribution in [0.4, 0.5) is 4.79 Å². The molecule has 1 aromatic rings. The monoisotopic (exact) mass is 208 g/mol. The molecule has 0 aliphatic carbocycles. The highest BCUT2D eigenvalue weighted by Crippen LogP contribution is 2.26. The van der Waals surface area contributed by atoms with Gasteiger partial charge in [-0.25, -0.2) is 4.79 Å². The van der Waals surface area contributed by atoms with Crippen LogP contribution in [-0.4, -0.2) is 26.0 Å². The molecule has 1 aromatic carbocycles. The molecule has 2 rings (SSSR count). The Bertz CT molecular complexity index is 336. The fourth-order valence-corrected chi connectivity index (χ4v) is 1.64. The van der Waals surface area contributed by atoms with Gasteiger partial charge in [-0.05, 0) is 5.56 Å². The second-order valence-electron chi connectivity index (χ2n) is 3.28. The number of hydrogen-bond donors (Lipinski definition) is 0. The predicted molar refractivity (Wildman–Crippen MR) is 52.4 cm³/mol. The summed E-state index contributed by atoms with van der Waals surface area (Å²) in [6.07, 6.45) is -1.25. The van der Waals surface area contributed by atoms with E-state index in [1.54, 1.807) is 7.11 Å². The van der Waals surface area contributed by atoms with Crippen LogP contribution in [0.3, 0.4) is 0 Å². The van der Waals surface area contributed by atoms with Crippen molar-refractivity contribution in [1.29, 1.82) is 0 Å². The molecule has 4 nitrogen and oxygen atoms in total. The summed E-state index contributed by atoms with van der Waals surface area (Å²) in [5, 5.41) is 0. The fourth-order valence-electron chi connectivity index (χ4n) is 1.64. The number of cyclic esters (lactones) is 2. The first-order valence-corrected chi connectivity index (χ1v) is 4.72. The molecule has 0 saturated carbocycles. The Balaban J connectivity index is 2.14. The summed E-state index contributed by atoms with van der Waals surface area (Å²) in [5.41, 5.74) is 0.975. The SMILES string of the molecule is COC(c1ccccc1)[C@H]1COC(=O)O1. The molecular formula is C11H12O4. The van der Waals surface area contributed by atoms with Gasteiger partial charge in [0.25, 0.3) is 0 Å². The quantitative estimate of drug-likeness (QED) is 0.712. The van der Waals surface area contributed by atoms with E-state index in [0.29, 0.717) is 0 Å². The summed E-state index contributed by atoms with van der Waals surface area (Å²) in [7, 11) is 1.59. The van der Waals surface area contributed by atoms with Crippen LogP contribution >= 0.6 is 0 Å². The van der Waals surface area contributed by atoms with Gasteiger partial charge in [0.15, 0.2) is 6.10 Å². The van der Waals surface area contributed by atoms with Crippen LogP contribution in [0, 0.1) is 0 Å². The number of hydrogen-bond acceptors (Lipinski definition) is 4. The molecule has 0 aromatic heterocycles. The summed E-state index contributed by atoms with van der Waals surface area (Å²) in [6.45, 7) is 0.242. The topological polar surface area (TPSA) is 44.8 Å². The third kappa shape index (κ3) is 2.10. The molecule has 0 amide bonds. The first kappa shape index (κ1) is 9.98. The van der Waals surface area contributed by atoms with Gasteiger partial charge in [-0.15, -0.1) is 0 Å². The Hall–Kier alpha value is -1.55. The second-order valence-corrected chi connectivity index (χ2v) is 3.28. The van der Waals surface area contributed by atoms with Crippen molar-refractivity contribution in [2.24, 2.45) is 0 Å². The van der Waals surface area contributed by atoms with Gasteiger partial charge in [-0.1, -0.05) is 30.3 Å². The van der Waals surface area contributed by atoms with Gasteiger partial charge in [-0.3, -0.25) is 0 Å². The maximum atomic E-state index is 10.8. The summed E-state index contributed by atoms with van der Waals surface area (Å²) in [5.74, 6) is 0. The highest BCUT2D eigenvalue weighted by molar-refractivity contribution is 5.62. The first-order chi connectivity index (χ1) is 7.31. The molecular weight excluding hydrogens is 196 g/mol. The molecule has 1 saturated heterocycles. The van der Waals surface area contributed by atoms with E-state index in [4.69, 9.17) is 14.2 Å². The van der Waals surface area contributed by atoms with Gasteiger partial charge >= 0.3 is 6.16 Å². The third-order valence-corrected chi connectivity index (χ3v) is 2.33. The van der Waals surface area contributed by atoms with Crippen LogP contribution in [-0.2, 0) is 14.2 Å². The van der Waals surface area contributed by atoms with Gasteiger partial charge in [-0.2, -0.15) is 0 Å². The Morgan fingerprint density at radius 2 is 2.13 bits per heavy atom. The molecule has 15 heavy (non-hydrogen) atoms. The summed E-state index contributed by atoms with van der Waals surface area (Å²) < 4.78 is 15.0. The van der Waals surface area contributed by atoms with Crippen LogP contribution in [0.25, 0.3) is 0 Å². The minimum atomic E-state index is -0.627. The first-order valence-electron chi connectivity index (χ1n) is 4.72. The Kier molecular flexibility index (Phi) is 2.87. The van der Waals surface area contributed by atoms with E-state index in [0.717, 1.165) is 5.56 Å². The van der Waals surface area contributed by atoms with E-state index >= 15 is 0 Å². The van der Waals surface area contributed by atoms with Gasteiger partial charge in [0.1, 0.15) is 12.7 Å². The van der Waals surface area contributed by atoms with Crippen molar-refractivity contribution < 1.29 is 19.0 Å². The molecule has 0 spiro atoms. The van der Waals surface area contributed by atoms with E-state index in [9.17, 15) is 4.79 Å². The normalized spacial score (nSPS) is 21.9. The number of methoxy groups -OCH3 is 1. The molecule has 0 N–H and O–H groups in total. The number of benzene rings is 1. The van der Waals surface area contributed by atoms with Crippen LogP contribution in [0.5, 0.6) is 0 Å². The van der Waals surface area contributed by atoms with Gasteiger partial charge < -0.3 is 14.2 Å². The van der Waals surface area contributed by atoms with Crippen LogP contribution in [0.1, 0.15) is 11.7 Å². The lowest BCUT2D eigenvalue weighted by atomic mass is 10.1.